The molecule has 1 aromatic rings. The van der Waals surface area contributed by atoms with Crippen molar-refractivity contribution in [3.05, 3.63) is 35.4 Å². The lowest BCUT2D eigenvalue weighted by Gasteiger charge is -2.26. The Kier molecular flexibility index (Phi) is 5.51. The van der Waals surface area contributed by atoms with E-state index in [1.54, 1.807) is 6.07 Å². The Morgan fingerprint density at radius 2 is 1.84 bits per heavy atom. The maximum absolute atomic E-state index is 11.1. The van der Waals surface area contributed by atoms with Crippen molar-refractivity contribution >= 4 is 11.9 Å². The van der Waals surface area contributed by atoms with Crippen LogP contribution in [0.5, 0.6) is 0 Å². The summed E-state index contributed by atoms with van der Waals surface area (Å²) in [6.45, 7) is 4.63. The summed E-state index contributed by atoms with van der Waals surface area (Å²) in [6.07, 6.45) is -0.0152. The average molecular weight is 264 g/mol. The van der Waals surface area contributed by atoms with Crippen molar-refractivity contribution in [1.29, 1.82) is 0 Å². The Hall–Kier alpha value is -1.88. The van der Waals surface area contributed by atoms with Gasteiger partial charge in [0.2, 0.25) is 5.91 Å². The summed E-state index contributed by atoms with van der Waals surface area (Å²) in [7, 11) is 0. The fraction of sp³-hybridized carbons (Fsp3) is 0.429. The van der Waals surface area contributed by atoms with Crippen LogP contribution in [0.15, 0.2) is 24.3 Å². The van der Waals surface area contributed by atoms with Gasteiger partial charge >= 0.3 is 5.97 Å². The quantitative estimate of drug-likeness (QED) is 0.770. The summed E-state index contributed by atoms with van der Waals surface area (Å²) in [5, 5.41) is 8.89. The van der Waals surface area contributed by atoms with Gasteiger partial charge in [0, 0.05) is 12.6 Å². The van der Waals surface area contributed by atoms with Crippen molar-refractivity contribution < 1.29 is 14.7 Å². The highest BCUT2D eigenvalue weighted by Crippen LogP contribution is 2.14. The average Bonchev–Trinajstić information content (AvgIpc) is 2.29. The van der Waals surface area contributed by atoms with Crippen LogP contribution in [0.25, 0.3) is 0 Å². The number of primary amides is 1. The number of hydrogen-bond donors (Lipinski definition) is 2. The predicted octanol–water partition coefficient (Wildman–Crippen LogP) is 1.01. The SMILES string of the molecule is CC(C)N(CC(N)=O)Cc1ccccc1CC(=O)O. The Bertz CT molecular complexity index is 458. The number of carboxylic acids is 1. The van der Waals surface area contributed by atoms with Gasteiger partial charge in [-0.2, -0.15) is 0 Å². The molecule has 0 atom stereocenters. The van der Waals surface area contributed by atoms with Crippen LogP contribution in [0.4, 0.5) is 0 Å². The monoisotopic (exact) mass is 264 g/mol. The molecule has 1 amide bonds. The van der Waals surface area contributed by atoms with Crippen LogP contribution in [0.1, 0.15) is 25.0 Å². The number of benzene rings is 1. The fourth-order valence-corrected chi connectivity index (χ4v) is 1.89. The first-order valence-corrected chi connectivity index (χ1v) is 6.21. The minimum absolute atomic E-state index is 0.0152. The largest absolute Gasteiger partial charge is 0.481 e. The molecule has 0 aliphatic heterocycles. The minimum Gasteiger partial charge on any atom is -0.481 e. The lowest BCUT2D eigenvalue weighted by molar-refractivity contribution is -0.136. The molecule has 5 nitrogen and oxygen atoms in total. The molecule has 1 aromatic carbocycles. The molecule has 0 fully saturated rings. The van der Waals surface area contributed by atoms with Crippen LogP contribution in [0.2, 0.25) is 0 Å². The topological polar surface area (TPSA) is 83.6 Å². The van der Waals surface area contributed by atoms with Crippen LogP contribution >= 0.6 is 0 Å². The summed E-state index contributed by atoms with van der Waals surface area (Å²) in [6, 6.07) is 7.52. The van der Waals surface area contributed by atoms with Crippen molar-refractivity contribution in [3.63, 3.8) is 0 Å². The summed E-state index contributed by atoms with van der Waals surface area (Å²) in [4.78, 5) is 23.8. The van der Waals surface area contributed by atoms with E-state index in [4.69, 9.17) is 10.8 Å². The second-order valence-electron chi connectivity index (χ2n) is 4.80. The minimum atomic E-state index is -0.863. The van der Waals surface area contributed by atoms with E-state index in [9.17, 15) is 9.59 Å². The smallest absolute Gasteiger partial charge is 0.307 e. The van der Waals surface area contributed by atoms with Gasteiger partial charge in [-0.3, -0.25) is 14.5 Å². The first-order valence-electron chi connectivity index (χ1n) is 6.21. The molecule has 0 bridgehead atoms. The summed E-state index contributed by atoms with van der Waals surface area (Å²) < 4.78 is 0. The van der Waals surface area contributed by atoms with E-state index in [1.807, 2.05) is 36.9 Å². The number of carbonyl (C=O) groups excluding carboxylic acids is 1. The zero-order valence-corrected chi connectivity index (χ0v) is 11.3. The number of carboxylic acid groups (broad SMARTS) is 1. The van der Waals surface area contributed by atoms with Crippen molar-refractivity contribution in [3.8, 4) is 0 Å². The zero-order chi connectivity index (χ0) is 14.4. The molecule has 0 saturated heterocycles. The summed E-state index contributed by atoms with van der Waals surface area (Å²) in [5.41, 5.74) is 6.91. The van der Waals surface area contributed by atoms with Crippen molar-refractivity contribution in [2.24, 2.45) is 5.73 Å². The van der Waals surface area contributed by atoms with Crippen LogP contribution in [0, 0.1) is 0 Å². The second-order valence-corrected chi connectivity index (χ2v) is 4.80. The number of hydrogen-bond acceptors (Lipinski definition) is 3. The Morgan fingerprint density at radius 1 is 1.26 bits per heavy atom. The summed E-state index contributed by atoms with van der Waals surface area (Å²) in [5.74, 6) is -1.25. The third-order valence-electron chi connectivity index (χ3n) is 2.92. The maximum Gasteiger partial charge on any atom is 0.307 e. The molecule has 0 aliphatic carbocycles. The highest BCUT2D eigenvalue weighted by molar-refractivity contribution is 5.76. The molecule has 5 heteroatoms. The molecule has 19 heavy (non-hydrogen) atoms. The maximum atomic E-state index is 11.1. The van der Waals surface area contributed by atoms with Crippen LogP contribution in [-0.2, 0) is 22.6 Å². The molecule has 0 spiro atoms. The number of nitrogens with zero attached hydrogens (tertiary/aromatic N) is 1. The molecule has 0 aliphatic rings. The molecular weight excluding hydrogens is 244 g/mol. The molecule has 0 saturated carbocycles. The van der Waals surface area contributed by atoms with Gasteiger partial charge in [0.15, 0.2) is 0 Å². The van der Waals surface area contributed by atoms with E-state index < -0.39 is 5.97 Å². The molecule has 104 valence electrons. The van der Waals surface area contributed by atoms with E-state index in [0.717, 1.165) is 11.1 Å². The Balaban J connectivity index is 2.89. The standard InChI is InChI=1S/C14H20N2O3/c1-10(2)16(9-13(15)17)8-12-6-4-3-5-11(12)7-14(18)19/h3-6,10H,7-9H2,1-2H3,(H2,15,17)(H,18,19). The number of nitrogens with two attached hydrogens (primary N) is 1. The zero-order valence-electron chi connectivity index (χ0n) is 11.3. The number of amides is 1. The van der Waals surface area contributed by atoms with Gasteiger partial charge in [-0.15, -0.1) is 0 Å². The van der Waals surface area contributed by atoms with Crippen molar-refractivity contribution in [1.82, 2.24) is 4.90 Å². The fourth-order valence-electron chi connectivity index (χ4n) is 1.89. The molecule has 0 radical (unpaired) electrons. The second kappa shape index (κ2) is 6.89. The van der Waals surface area contributed by atoms with Crippen molar-refractivity contribution in [2.75, 3.05) is 6.54 Å². The molecule has 3 N–H and O–H groups in total. The lowest BCUT2D eigenvalue weighted by atomic mass is 10.0. The van der Waals surface area contributed by atoms with Gasteiger partial charge in [0.1, 0.15) is 0 Å². The summed E-state index contributed by atoms with van der Waals surface area (Å²) >= 11 is 0. The van der Waals surface area contributed by atoms with E-state index >= 15 is 0 Å². The highest BCUT2D eigenvalue weighted by atomic mass is 16.4. The van der Waals surface area contributed by atoms with Crippen LogP contribution < -0.4 is 5.73 Å². The molecule has 0 unspecified atom stereocenters. The Labute approximate surface area is 113 Å². The molecular formula is C14H20N2O3. The predicted molar refractivity (Wildman–Crippen MR) is 72.5 cm³/mol. The highest BCUT2D eigenvalue weighted by Gasteiger charge is 2.15. The number of aliphatic carboxylic acids is 1. The van der Waals surface area contributed by atoms with Crippen LogP contribution in [0.3, 0.4) is 0 Å². The van der Waals surface area contributed by atoms with Gasteiger partial charge < -0.3 is 10.8 Å². The van der Waals surface area contributed by atoms with Gasteiger partial charge in [0.05, 0.1) is 13.0 Å². The molecule has 0 aromatic heterocycles. The van der Waals surface area contributed by atoms with Crippen LogP contribution in [-0.4, -0.2) is 34.5 Å². The lowest BCUT2D eigenvalue weighted by Crippen LogP contribution is -2.38. The van der Waals surface area contributed by atoms with Gasteiger partial charge in [-0.05, 0) is 25.0 Å². The normalized spacial score (nSPS) is 10.9. The third-order valence-corrected chi connectivity index (χ3v) is 2.92. The van der Waals surface area contributed by atoms with E-state index in [-0.39, 0.29) is 24.9 Å². The first-order chi connectivity index (χ1) is 8.90. The van der Waals surface area contributed by atoms with Gasteiger partial charge in [-0.25, -0.2) is 0 Å². The van der Waals surface area contributed by atoms with E-state index in [0.29, 0.717) is 6.54 Å². The van der Waals surface area contributed by atoms with Gasteiger partial charge in [-0.1, -0.05) is 24.3 Å². The molecule has 1 rings (SSSR count). The van der Waals surface area contributed by atoms with Gasteiger partial charge in [0.25, 0.3) is 0 Å². The van der Waals surface area contributed by atoms with Crippen molar-refractivity contribution in [2.45, 2.75) is 32.9 Å². The Morgan fingerprint density at radius 3 is 2.32 bits per heavy atom. The number of carbonyl (C=O) groups is 2. The molecule has 0 heterocycles. The first kappa shape index (κ1) is 15.2. The number of rotatable bonds is 7. The van der Waals surface area contributed by atoms with E-state index in [2.05, 4.69) is 0 Å². The third kappa shape index (κ3) is 5.09. The van der Waals surface area contributed by atoms with E-state index in [1.165, 1.54) is 0 Å².